The van der Waals surface area contributed by atoms with E-state index in [0.717, 1.165) is 37.0 Å². The number of carbonyl (C=O) groups excluding carboxylic acids is 1. The van der Waals surface area contributed by atoms with E-state index in [9.17, 15) is 13.2 Å². The van der Waals surface area contributed by atoms with Crippen LogP contribution in [0, 0.1) is 6.92 Å². The summed E-state index contributed by atoms with van der Waals surface area (Å²) in [5, 5.41) is 2.96. The maximum Gasteiger partial charge on any atom is 0.263 e. The van der Waals surface area contributed by atoms with Gasteiger partial charge in [0.2, 0.25) is 10.0 Å². The molecule has 0 aliphatic carbocycles. The second-order valence-electron chi connectivity index (χ2n) is 8.70. The molecule has 32 heavy (non-hydrogen) atoms. The summed E-state index contributed by atoms with van der Waals surface area (Å²) in [7, 11) is -3.54. The van der Waals surface area contributed by atoms with Gasteiger partial charge in [-0.2, -0.15) is 0 Å². The van der Waals surface area contributed by atoms with Crippen LogP contribution >= 0.6 is 0 Å². The van der Waals surface area contributed by atoms with Crippen molar-refractivity contribution in [1.29, 1.82) is 0 Å². The maximum atomic E-state index is 13.0. The van der Waals surface area contributed by atoms with Crippen molar-refractivity contribution in [1.82, 2.24) is 10.2 Å². The largest absolute Gasteiger partial charge is 0.476 e. The Kier molecular flexibility index (Phi) is 6.71. The van der Waals surface area contributed by atoms with Crippen LogP contribution in [0.5, 0.6) is 5.75 Å². The summed E-state index contributed by atoms with van der Waals surface area (Å²) in [6.45, 7) is 5.32. The van der Waals surface area contributed by atoms with Crippen molar-refractivity contribution in [3.63, 3.8) is 0 Å². The summed E-state index contributed by atoms with van der Waals surface area (Å²) in [5.74, 6) is 0.0888. The number of rotatable bonds is 6. The third kappa shape index (κ3) is 5.24. The van der Waals surface area contributed by atoms with Gasteiger partial charge in [0.25, 0.3) is 5.91 Å². The number of hydrogen-bond donors (Lipinski definition) is 1. The minimum absolute atomic E-state index is 0.0455. The fraction of sp³-hybridized carbons (Fsp3) is 0.458. The van der Waals surface area contributed by atoms with E-state index in [2.05, 4.69) is 16.3 Å². The number of benzene rings is 2. The average Bonchev–Trinajstić information content (AvgIpc) is 2.77. The van der Waals surface area contributed by atoms with Crippen LogP contribution in [-0.2, 0) is 27.9 Å². The number of fused-ring (bicyclic) bond motifs is 1. The number of aryl methyl sites for hydroxylation is 1. The molecule has 2 aliphatic rings. The Bertz CT molecular complexity index is 1080. The number of piperidine rings is 1. The molecule has 0 aromatic heterocycles. The molecule has 1 amide bonds. The molecule has 0 saturated carbocycles. The molecule has 1 fully saturated rings. The van der Waals surface area contributed by atoms with E-state index in [1.54, 1.807) is 12.1 Å². The lowest BCUT2D eigenvalue weighted by atomic mass is 10.0. The molecule has 172 valence electrons. The van der Waals surface area contributed by atoms with Gasteiger partial charge in [-0.1, -0.05) is 36.8 Å². The van der Waals surface area contributed by atoms with E-state index in [1.165, 1.54) is 29.1 Å². The Hall–Kier alpha value is -2.58. The van der Waals surface area contributed by atoms with Crippen LogP contribution < -0.4 is 14.4 Å². The van der Waals surface area contributed by atoms with Gasteiger partial charge in [0.05, 0.1) is 18.5 Å². The molecule has 4 rings (SSSR count). The van der Waals surface area contributed by atoms with Gasteiger partial charge in [0, 0.05) is 13.1 Å². The summed E-state index contributed by atoms with van der Waals surface area (Å²) >= 11 is 0. The molecule has 8 heteroatoms. The summed E-state index contributed by atoms with van der Waals surface area (Å²) in [6.07, 6.45) is 4.00. The predicted octanol–water partition coefficient (Wildman–Crippen LogP) is 2.82. The Morgan fingerprint density at radius 3 is 2.53 bits per heavy atom. The molecule has 1 N–H and O–H groups in total. The van der Waals surface area contributed by atoms with E-state index < -0.39 is 16.1 Å². The number of anilines is 1. The Morgan fingerprint density at radius 2 is 1.81 bits per heavy atom. The molecule has 1 saturated heterocycles. The first kappa shape index (κ1) is 22.6. The van der Waals surface area contributed by atoms with Gasteiger partial charge >= 0.3 is 0 Å². The molecule has 0 radical (unpaired) electrons. The highest BCUT2D eigenvalue weighted by molar-refractivity contribution is 7.92. The van der Waals surface area contributed by atoms with Crippen molar-refractivity contribution < 1.29 is 17.9 Å². The van der Waals surface area contributed by atoms with Crippen LogP contribution in [0.4, 0.5) is 5.69 Å². The smallest absolute Gasteiger partial charge is 0.263 e. The lowest BCUT2D eigenvalue weighted by Gasteiger charge is -2.34. The predicted molar refractivity (Wildman–Crippen MR) is 125 cm³/mol. The highest BCUT2D eigenvalue weighted by atomic mass is 32.2. The van der Waals surface area contributed by atoms with Crippen molar-refractivity contribution >= 4 is 21.6 Å². The van der Waals surface area contributed by atoms with Crippen LogP contribution in [0.2, 0.25) is 0 Å². The van der Waals surface area contributed by atoms with Gasteiger partial charge in [-0.15, -0.1) is 0 Å². The van der Waals surface area contributed by atoms with E-state index in [4.69, 9.17) is 4.74 Å². The second kappa shape index (κ2) is 9.50. The number of nitrogens with zero attached hydrogens (tertiary/aromatic N) is 2. The summed E-state index contributed by atoms with van der Waals surface area (Å²) in [6, 6.07) is 13.5. The fourth-order valence-electron chi connectivity index (χ4n) is 4.35. The molecule has 1 unspecified atom stereocenters. The molecule has 2 aromatic carbocycles. The molecule has 0 bridgehead atoms. The van der Waals surface area contributed by atoms with Crippen LogP contribution in [-0.4, -0.2) is 51.2 Å². The lowest BCUT2D eigenvalue weighted by Crippen LogP contribution is -2.50. The number of amides is 1. The average molecular weight is 458 g/mol. The Balaban J connectivity index is 1.46. The maximum absolute atomic E-state index is 13.0. The lowest BCUT2D eigenvalue weighted by molar-refractivity contribution is -0.127. The summed E-state index contributed by atoms with van der Waals surface area (Å²) < 4.78 is 31.9. The number of carbonyl (C=O) groups is 1. The first-order valence-corrected chi connectivity index (χ1v) is 13.0. The highest BCUT2D eigenvalue weighted by Crippen LogP contribution is 2.35. The zero-order chi connectivity index (χ0) is 22.7. The number of nitrogens with one attached hydrogen (secondary N) is 1. The minimum Gasteiger partial charge on any atom is -0.476 e. The van der Waals surface area contributed by atoms with Crippen molar-refractivity contribution in [2.75, 3.05) is 30.2 Å². The molecule has 1 atom stereocenters. The Labute approximate surface area is 190 Å². The first-order chi connectivity index (χ1) is 15.3. The first-order valence-electron chi connectivity index (χ1n) is 11.1. The standard InChI is InChI=1S/C24H31N3O4S/c1-18-10-11-21-22(14-18)31-23(17-27(21)32(2,29)30)24(28)25-15-19-8-4-5-9-20(19)16-26-12-6-3-7-13-26/h4-5,8-11,14,23H,3,6-7,12-13,15-17H2,1-2H3,(H,25,28). The fourth-order valence-corrected chi connectivity index (χ4v) is 5.26. The molecule has 2 aliphatic heterocycles. The summed E-state index contributed by atoms with van der Waals surface area (Å²) in [5.41, 5.74) is 3.68. The van der Waals surface area contributed by atoms with Crippen LogP contribution in [0.1, 0.15) is 36.0 Å². The monoisotopic (exact) mass is 457 g/mol. The third-order valence-electron chi connectivity index (χ3n) is 6.09. The topological polar surface area (TPSA) is 79.0 Å². The van der Waals surface area contributed by atoms with Crippen molar-refractivity contribution in [2.45, 2.75) is 45.4 Å². The minimum atomic E-state index is -3.54. The summed E-state index contributed by atoms with van der Waals surface area (Å²) in [4.78, 5) is 15.4. The molecule has 0 spiro atoms. The van der Waals surface area contributed by atoms with Gasteiger partial charge in [0.15, 0.2) is 6.10 Å². The van der Waals surface area contributed by atoms with E-state index in [0.29, 0.717) is 18.0 Å². The van der Waals surface area contributed by atoms with Crippen molar-refractivity contribution in [3.05, 3.63) is 59.2 Å². The van der Waals surface area contributed by atoms with Gasteiger partial charge in [0.1, 0.15) is 5.75 Å². The molecular weight excluding hydrogens is 426 g/mol. The van der Waals surface area contributed by atoms with E-state index in [1.807, 2.05) is 31.2 Å². The number of sulfonamides is 1. The molecule has 2 aromatic rings. The second-order valence-corrected chi connectivity index (χ2v) is 10.6. The Morgan fingerprint density at radius 1 is 1.09 bits per heavy atom. The van der Waals surface area contributed by atoms with Gasteiger partial charge < -0.3 is 10.1 Å². The van der Waals surface area contributed by atoms with Crippen LogP contribution in [0.15, 0.2) is 42.5 Å². The van der Waals surface area contributed by atoms with Crippen molar-refractivity contribution in [3.8, 4) is 5.75 Å². The van der Waals surface area contributed by atoms with Crippen molar-refractivity contribution in [2.24, 2.45) is 0 Å². The zero-order valence-electron chi connectivity index (χ0n) is 18.7. The molecule has 2 heterocycles. The van der Waals surface area contributed by atoms with Crippen LogP contribution in [0.25, 0.3) is 0 Å². The highest BCUT2D eigenvalue weighted by Gasteiger charge is 2.35. The number of likely N-dealkylation sites (tertiary alicyclic amines) is 1. The van der Waals surface area contributed by atoms with Gasteiger partial charge in [-0.05, 0) is 61.7 Å². The number of hydrogen-bond acceptors (Lipinski definition) is 5. The normalized spacial score (nSPS) is 19.2. The van der Waals surface area contributed by atoms with Gasteiger partial charge in [-0.3, -0.25) is 14.0 Å². The zero-order valence-corrected chi connectivity index (χ0v) is 19.5. The van der Waals surface area contributed by atoms with E-state index in [-0.39, 0.29) is 12.5 Å². The molecular formula is C24H31N3O4S. The van der Waals surface area contributed by atoms with E-state index >= 15 is 0 Å². The SMILES string of the molecule is Cc1ccc2c(c1)OC(C(=O)NCc1ccccc1CN1CCCCC1)CN2S(C)(=O)=O. The number of ether oxygens (including phenoxy) is 1. The molecule has 7 nitrogen and oxygen atoms in total. The third-order valence-corrected chi connectivity index (χ3v) is 7.24. The van der Waals surface area contributed by atoms with Crippen LogP contribution in [0.3, 0.4) is 0 Å². The van der Waals surface area contributed by atoms with Gasteiger partial charge in [-0.25, -0.2) is 8.42 Å². The quantitative estimate of drug-likeness (QED) is 0.722.